The second-order valence-electron chi connectivity index (χ2n) is 4.94. The number of aromatic nitrogens is 3. The normalized spacial score (nSPS) is 11.1. The predicted molar refractivity (Wildman–Crippen MR) is 82.6 cm³/mol. The first-order chi connectivity index (χ1) is 10.8. The maximum Gasteiger partial charge on any atom is 0.282 e. The summed E-state index contributed by atoms with van der Waals surface area (Å²) in [6.07, 6.45) is 4.86. The largest absolute Gasteiger partial charge is 0.282 e. The van der Waals surface area contributed by atoms with Gasteiger partial charge >= 0.3 is 0 Å². The van der Waals surface area contributed by atoms with Crippen LogP contribution in [0.3, 0.4) is 0 Å². The van der Waals surface area contributed by atoms with Crippen molar-refractivity contribution in [3.05, 3.63) is 77.2 Å². The topological polar surface area (TPSA) is 47.8 Å². The van der Waals surface area contributed by atoms with Gasteiger partial charge in [0.15, 0.2) is 0 Å². The van der Waals surface area contributed by atoms with Crippen molar-refractivity contribution in [2.24, 2.45) is 0 Å². The third-order valence-corrected chi connectivity index (χ3v) is 3.65. The first-order valence-corrected chi connectivity index (χ1v) is 6.75. The highest BCUT2D eigenvalue weighted by Gasteiger charge is 2.11. The van der Waals surface area contributed by atoms with Crippen molar-refractivity contribution in [1.29, 1.82) is 0 Å². The number of rotatable bonds is 1. The van der Waals surface area contributed by atoms with E-state index in [1.165, 1.54) is 16.9 Å². The SMILES string of the molecule is O=c1c2c(F)cccc2cnn1-c1cccc2cnccc12. The fourth-order valence-corrected chi connectivity index (χ4v) is 2.61. The molecule has 2 heterocycles. The Balaban J connectivity index is 2.12. The van der Waals surface area contributed by atoms with Crippen molar-refractivity contribution in [1.82, 2.24) is 14.8 Å². The van der Waals surface area contributed by atoms with Gasteiger partial charge in [-0.15, -0.1) is 0 Å². The van der Waals surface area contributed by atoms with Gasteiger partial charge in [-0.05, 0) is 18.2 Å². The van der Waals surface area contributed by atoms with Crippen molar-refractivity contribution in [3.8, 4) is 5.69 Å². The van der Waals surface area contributed by atoms with Gasteiger partial charge in [0.2, 0.25) is 0 Å². The summed E-state index contributed by atoms with van der Waals surface area (Å²) in [6, 6.07) is 11.8. The Morgan fingerprint density at radius 2 is 1.77 bits per heavy atom. The van der Waals surface area contributed by atoms with Gasteiger partial charge < -0.3 is 0 Å². The molecule has 4 nitrogen and oxygen atoms in total. The molecule has 4 aromatic rings. The highest BCUT2D eigenvalue weighted by Crippen LogP contribution is 2.20. The van der Waals surface area contributed by atoms with Gasteiger partial charge in [0.05, 0.1) is 17.3 Å². The third-order valence-electron chi connectivity index (χ3n) is 3.65. The zero-order chi connectivity index (χ0) is 15.1. The summed E-state index contributed by atoms with van der Waals surface area (Å²) < 4.78 is 15.2. The smallest absolute Gasteiger partial charge is 0.267 e. The van der Waals surface area contributed by atoms with Crippen LogP contribution in [0.1, 0.15) is 0 Å². The first-order valence-electron chi connectivity index (χ1n) is 6.75. The van der Waals surface area contributed by atoms with Crippen molar-refractivity contribution >= 4 is 21.5 Å². The van der Waals surface area contributed by atoms with Gasteiger partial charge in [-0.3, -0.25) is 9.78 Å². The van der Waals surface area contributed by atoms with E-state index in [2.05, 4.69) is 10.1 Å². The highest BCUT2D eigenvalue weighted by molar-refractivity contribution is 5.90. The van der Waals surface area contributed by atoms with Crippen LogP contribution in [0, 0.1) is 5.82 Å². The number of nitrogens with zero attached hydrogens (tertiary/aromatic N) is 3. The second kappa shape index (κ2) is 4.73. The number of benzene rings is 2. The molecule has 22 heavy (non-hydrogen) atoms. The molecule has 0 fully saturated rings. The lowest BCUT2D eigenvalue weighted by atomic mass is 10.1. The van der Waals surface area contributed by atoms with Gasteiger partial charge in [0.1, 0.15) is 5.82 Å². The summed E-state index contributed by atoms with van der Waals surface area (Å²) in [7, 11) is 0. The van der Waals surface area contributed by atoms with Crippen molar-refractivity contribution < 1.29 is 4.39 Å². The molecule has 0 aliphatic rings. The summed E-state index contributed by atoms with van der Waals surface area (Å²) >= 11 is 0. The molecule has 106 valence electrons. The molecule has 0 unspecified atom stereocenters. The molecule has 0 aliphatic heterocycles. The van der Waals surface area contributed by atoms with Gasteiger partial charge in [-0.1, -0.05) is 24.3 Å². The summed E-state index contributed by atoms with van der Waals surface area (Å²) in [5, 5.41) is 6.45. The molecule has 0 saturated heterocycles. The van der Waals surface area contributed by atoms with Gasteiger partial charge in [-0.2, -0.15) is 9.78 Å². The zero-order valence-electron chi connectivity index (χ0n) is 11.4. The fraction of sp³-hybridized carbons (Fsp3) is 0. The monoisotopic (exact) mass is 291 g/mol. The minimum absolute atomic E-state index is 0.0450. The average molecular weight is 291 g/mol. The van der Waals surface area contributed by atoms with E-state index >= 15 is 0 Å². The van der Waals surface area contributed by atoms with E-state index in [4.69, 9.17) is 0 Å². The van der Waals surface area contributed by atoms with Crippen LogP contribution < -0.4 is 5.56 Å². The van der Waals surface area contributed by atoms with Crippen LogP contribution in [-0.4, -0.2) is 14.8 Å². The Labute approximate surface area is 124 Å². The van der Waals surface area contributed by atoms with Gasteiger partial charge in [0.25, 0.3) is 5.56 Å². The standard InChI is InChI=1S/C17H10FN3O/c18-14-5-1-4-12-10-20-21(17(22)16(12)14)15-6-2-3-11-9-19-8-7-13(11)15/h1-10H. The molecule has 0 radical (unpaired) electrons. The number of hydrogen-bond acceptors (Lipinski definition) is 3. The van der Waals surface area contributed by atoms with Crippen LogP contribution in [0.15, 0.2) is 65.8 Å². The Kier molecular flexibility index (Phi) is 2.72. The Morgan fingerprint density at radius 3 is 2.68 bits per heavy atom. The summed E-state index contributed by atoms with van der Waals surface area (Å²) in [4.78, 5) is 16.7. The number of pyridine rings is 1. The molecular weight excluding hydrogens is 281 g/mol. The van der Waals surface area contributed by atoms with Crippen LogP contribution in [0.5, 0.6) is 0 Å². The predicted octanol–water partition coefficient (Wildman–Crippen LogP) is 3.07. The lowest BCUT2D eigenvalue weighted by Gasteiger charge is -2.09. The van der Waals surface area contributed by atoms with E-state index in [0.29, 0.717) is 11.1 Å². The van der Waals surface area contributed by atoms with Crippen molar-refractivity contribution in [2.45, 2.75) is 0 Å². The Hall–Kier alpha value is -3.08. The summed E-state index contributed by atoms with van der Waals surface area (Å²) in [5.74, 6) is -0.541. The fourth-order valence-electron chi connectivity index (χ4n) is 2.61. The second-order valence-corrected chi connectivity index (χ2v) is 4.94. The summed E-state index contributed by atoms with van der Waals surface area (Å²) in [6.45, 7) is 0. The summed E-state index contributed by atoms with van der Waals surface area (Å²) in [5.41, 5.74) is 0.134. The molecule has 2 aromatic heterocycles. The zero-order valence-corrected chi connectivity index (χ0v) is 11.4. The van der Waals surface area contributed by atoms with Crippen molar-refractivity contribution in [2.75, 3.05) is 0 Å². The van der Waals surface area contributed by atoms with Crippen LogP contribution in [0.4, 0.5) is 4.39 Å². The minimum Gasteiger partial charge on any atom is -0.267 e. The van der Waals surface area contributed by atoms with E-state index in [9.17, 15) is 9.18 Å². The lowest BCUT2D eigenvalue weighted by Crippen LogP contribution is -2.22. The average Bonchev–Trinajstić information content (AvgIpc) is 2.55. The molecule has 2 aromatic carbocycles. The minimum atomic E-state index is -0.541. The number of fused-ring (bicyclic) bond motifs is 2. The molecule has 0 aliphatic carbocycles. The molecule has 0 bridgehead atoms. The number of hydrogen-bond donors (Lipinski definition) is 0. The maximum absolute atomic E-state index is 14.0. The Bertz CT molecular complexity index is 1070. The van der Waals surface area contributed by atoms with Gasteiger partial charge in [0, 0.05) is 28.6 Å². The first kappa shape index (κ1) is 12.6. The Morgan fingerprint density at radius 1 is 0.955 bits per heavy atom. The van der Waals surface area contributed by atoms with E-state index in [1.807, 2.05) is 18.2 Å². The van der Waals surface area contributed by atoms with Crippen LogP contribution >= 0.6 is 0 Å². The van der Waals surface area contributed by atoms with Gasteiger partial charge in [-0.25, -0.2) is 4.39 Å². The molecule has 0 spiro atoms. The lowest BCUT2D eigenvalue weighted by molar-refractivity contribution is 0.636. The quantitative estimate of drug-likeness (QED) is 0.541. The van der Waals surface area contributed by atoms with E-state index in [1.54, 1.807) is 30.6 Å². The molecule has 0 N–H and O–H groups in total. The van der Waals surface area contributed by atoms with E-state index in [-0.39, 0.29) is 5.39 Å². The molecule has 4 rings (SSSR count). The third kappa shape index (κ3) is 1.79. The van der Waals surface area contributed by atoms with Crippen LogP contribution in [-0.2, 0) is 0 Å². The molecule has 5 heteroatoms. The van der Waals surface area contributed by atoms with E-state index in [0.717, 1.165) is 10.8 Å². The van der Waals surface area contributed by atoms with E-state index < -0.39 is 11.4 Å². The highest BCUT2D eigenvalue weighted by atomic mass is 19.1. The number of halogens is 1. The molecular formula is C17H10FN3O. The van der Waals surface area contributed by atoms with Crippen molar-refractivity contribution in [3.63, 3.8) is 0 Å². The van der Waals surface area contributed by atoms with Crippen LogP contribution in [0.2, 0.25) is 0 Å². The molecule has 0 amide bonds. The molecule has 0 saturated carbocycles. The van der Waals surface area contributed by atoms with Crippen LogP contribution in [0.25, 0.3) is 27.2 Å². The maximum atomic E-state index is 14.0. The molecule has 0 atom stereocenters.